The van der Waals surface area contributed by atoms with Gasteiger partial charge in [0.2, 0.25) is 11.8 Å². The highest BCUT2D eigenvalue weighted by molar-refractivity contribution is 5.74. The summed E-state index contributed by atoms with van der Waals surface area (Å²) in [6.07, 6.45) is -44.8. The van der Waals surface area contributed by atoms with Crippen molar-refractivity contribution >= 4 is 17.8 Å². The Labute approximate surface area is 355 Å². The number of carbonyl (C=O) groups excluding carboxylic acids is 2. The van der Waals surface area contributed by atoms with Gasteiger partial charge in [0.1, 0.15) is 116 Å². The molecule has 0 saturated carbocycles. The topological polar surface area (TPSA) is 462 Å². The largest absolute Gasteiger partial charge is 0.479 e. The monoisotopic (exact) mass is 924 g/mol. The number of hydrogen-bond acceptors (Lipinski definition) is 26. The quantitative estimate of drug-likeness (QED) is 0.0725. The second kappa shape index (κ2) is 21.9. The Bertz CT molecular complexity index is 1520. The van der Waals surface area contributed by atoms with Gasteiger partial charge in [0, 0.05) is 13.8 Å². The molecule has 0 aliphatic carbocycles. The van der Waals surface area contributed by atoms with E-state index in [4.69, 9.17) is 42.6 Å². The number of rotatable bonds is 15. The summed E-state index contributed by atoms with van der Waals surface area (Å²) in [5.74, 6) is -3.50. The summed E-state index contributed by atoms with van der Waals surface area (Å²) in [5.41, 5.74) is 0. The third-order valence-corrected chi connectivity index (χ3v) is 11.1. The average Bonchev–Trinajstić information content (AvgIpc) is 3.23. The Balaban J connectivity index is 1.35. The normalized spacial score (nSPS) is 48.3. The van der Waals surface area contributed by atoms with Gasteiger partial charge in [-0.25, -0.2) is 4.79 Å². The number of amides is 2. The third-order valence-electron chi connectivity index (χ3n) is 11.1. The standard InChI is InChI=1S/C34H56N2O27/c1-7(41)35-13-18(46)24(59-34-23(51)26(17(45)11(5-39)57-34)61-32-21(49)19(47)15(43)9(3-37)56-32)12(6-40)58-31(13)62-27-20(48)22(50)33(63-28(27)29(52)53)60-25-14(36-8(2)42)30(54)55-10(4-38)16(25)44/h9-28,30-34,37-40,43-51,54H,3-6H2,1-2H3,(H,35,41)(H,36,42)(H,52,53)/t9-,10-,11-,12-,13-,14-,15-,16+,17+,18-,19+,20-,21-,22-,23-,24+,25-,26+,27+,28+,30-,31+,32+,33-,34-/m1/s1. The SMILES string of the molecule is CC(=O)N[C@@H]1[C@@H](O[C@@H]2O[C@H](C(=O)O)[C@@H](O[C@@H]3O[C@H](CO)[C@H](O[C@H]4O[C@H](CO)[C@H](O)[C@H](O[C@@H]5O[C@H](CO)[C@@H](O)[C@H](O)[C@H]5O)[C@H]4O)[C@H](O)[C@H]3NC(C)=O)[C@H](O)[C@H]2O)[C@@H](O)[C@@H](CO)O[C@H]1O. The first-order valence-electron chi connectivity index (χ1n) is 19.6. The van der Waals surface area contributed by atoms with Gasteiger partial charge in [0.25, 0.3) is 0 Å². The van der Waals surface area contributed by atoms with Gasteiger partial charge >= 0.3 is 5.97 Å². The lowest BCUT2D eigenvalue weighted by Gasteiger charge is -2.50. The van der Waals surface area contributed by atoms with Gasteiger partial charge in [0.15, 0.2) is 37.6 Å². The minimum absolute atomic E-state index is 0.759. The van der Waals surface area contributed by atoms with Gasteiger partial charge in [-0.1, -0.05) is 0 Å². The summed E-state index contributed by atoms with van der Waals surface area (Å²) in [6.45, 7) is -1.76. The molecule has 0 bridgehead atoms. The van der Waals surface area contributed by atoms with Crippen LogP contribution >= 0.6 is 0 Å². The molecular formula is C34H56N2O27. The van der Waals surface area contributed by atoms with Gasteiger partial charge in [0.05, 0.1) is 26.4 Å². The van der Waals surface area contributed by atoms with Crippen LogP contribution in [0.15, 0.2) is 0 Å². The fourth-order valence-corrected chi connectivity index (χ4v) is 7.80. The molecule has 0 aromatic heterocycles. The highest BCUT2D eigenvalue weighted by atomic mass is 16.8. The van der Waals surface area contributed by atoms with Crippen molar-refractivity contribution in [3.05, 3.63) is 0 Å². The van der Waals surface area contributed by atoms with Crippen molar-refractivity contribution in [2.24, 2.45) is 0 Å². The zero-order chi connectivity index (χ0) is 46.8. The smallest absolute Gasteiger partial charge is 0.335 e. The maximum absolute atomic E-state index is 12.6. The number of aliphatic hydroxyl groups is 14. The summed E-state index contributed by atoms with van der Waals surface area (Å²) in [5, 5.41) is 163. The summed E-state index contributed by atoms with van der Waals surface area (Å²) < 4.78 is 49.8. The molecule has 5 rings (SSSR count). The molecule has 0 aromatic rings. The zero-order valence-corrected chi connectivity index (χ0v) is 33.4. The zero-order valence-electron chi connectivity index (χ0n) is 33.4. The van der Waals surface area contributed by atoms with Gasteiger partial charge in [-0.15, -0.1) is 0 Å². The second-order valence-electron chi connectivity index (χ2n) is 15.5. The molecule has 5 aliphatic heterocycles. The minimum Gasteiger partial charge on any atom is -0.479 e. The Hall–Kier alpha value is -2.51. The molecule has 0 unspecified atom stereocenters. The molecule has 5 saturated heterocycles. The van der Waals surface area contributed by atoms with E-state index >= 15 is 0 Å². The van der Waals surface area contributed by atoms with Crippen molar-refractivity contribution in [1.82, 2.24) is 10.6 Å². The molecule has 5 heterocycles. The number of nitrogens with one attached hydrogen (secondary N) is 2. The molecule has 29 heteroatoms. The lowest BCUT2D eigenvalue weighted by molar-refractivity contribution is -0.382. The van der Waals surface area contributed by atoms with Crippen LogP contribution in [0.4, 0.5) is 0 Å². The molecule has 25 atom stereocenters. The molecule has 0 spiro atoms. The van der Waals surface area contributed by atoms with Crippen molar-refractivity contribution in [1.29, 1.82) is 0 Å². The van der Waals surface area contributed by atoms with Crippen LogP contribution in [0, 0.1) is 0 Å². The van der Waals surface area contributed by atoms with Crippen molar-refractivity contribution in [2.45, 2.75) is 167 Å². The van der Waals surface area contributed by atoms with E-state index < -0.39 is 198 Å². The van der Waals surface area contributed by atoms with Crippen molar-refractivity contribution in [3.63, 3.8) is 0 Å². The predicted molar refractivity (Wildman–Crippen MR) is 190 cm³/mol. The van der Waals surface area contributed by atoms with E-state index in [0.717, 1.165) is 13.8 Å². The fraction of sp³-hybridized carbons (Fsp3) is 0.912. The molecule has 0 aromatic carbocycles. The van der Waals surface area contributed by atoms with Crippen molar-refractivity contribution in [3.8, 4) is 0 Å². The van der Waals surface area contributed by atoms with Crippen LogP contribution in [0.25, 0.3) is 0 Å². The molecular weight excluding hydrogens is 868 g/mol. The minimum atomic E-state index is -2.31. The summed E-state index contributed by atoms with van der Waals surface area (Å²) in [4.78, 5) is 36.8. The molecule has 0 radical (unpaired) electrons. The maximum Gasteiger partial charge on any atom is 0.335 e. The molecule has 17 N–H and O–H groups in total. The average molecular weight is 925 g/mol. The van der Waals surface area contributed by atoms with E-state index in [1.807, 2.05) is 0 Å². The van der Waals surface area contributed by atoms with Gasteiger partial charge < -0.3 is 130 Å². The Morgan fingerprint density at radius 3 is 1.41 bits per heavy atom. The lowest BCUT2D eigenvalue weighted by atomic mass is 9.94. The molecule has 5 aliphatic rings. The summed E-state index contributed by atoms with van der Waals surface area (Å²) >= 11 is 0. The lowest BCUT2D eigenvalue weighted by Crippen LogP contribution is -2.70. The van der Waals surface area contributed by atoms with Gasteiger partial charge in [-0.3, -0.25) is 9.59 Å². The van der Waals surface area contributed by atoms with Gasteiger partial charge in [-0.05, 0) is 0 Å². The molecule has 2 amide bonds. The Kier molecular flexibility index (Phi) is 17.9. The number of ether oxygens (including phenoxy) is 9. The molecule has 364 valence electrons. The van der Waals surface area contributed by atoms with Crippen LogP contribution < -0.4 is 10.6 Å². The Morgan fingerprint density at radius 1 is 0.429 bits per heavy atom. The maximum atomic E-state index is 12.6. The third kappa shape index (κ3) is 11.0. The van der Waals surface area contributed by atoms with Crippen LogP contribution in [0.2, 0.25) is 0 Å². The van der Waals surface area contributed by atoms with Crippen LogP contribution in [0.1, 0.15) is 13.8 Å². The number of hydrogen-bond donors (Lipinski definition) is 17. The first-order chi connectivity index (χ1) is 29.7. The first-order valence-corrected chi connectivity index (χ1v) is 19.6. The highest BCUT2D eigenvalue weighted by Gasteiger charge is 2.58. The van der Waals surface area contributed by atoms with Crippen molar-refractivity contribution in [2.75, 3.05) is 26.4 Å². The number of aliphatic carboxylic acids is 1. The van der Waals surface area contributed by atoms with E-state index in [2.05, 4.69) is 10.6 Å². The second-order valence-corrected chi connectivity index (χ2v) is 15.5. The van der Waals surface area contributed by atoms with Crippen LogP contribution in [0.3, 0.4) is 0 Å². The van der Waals surface area contributed by atoms with Gasteiger partial charge in [-0.2, -0.15) is 0 Å². The number of carbonyl (C=O) groups is 3. The highest BCUT2D eigenvalue weighted by Crippen LogP contribution is 2.36. The molecule has 63 heavy (non-hydrogen) atoms. The van der Waals surface area contributed by atoms with Crippen LogP contribution in [-0.4, -0.2) is 274 Å². The molecule has 29 nitrogen and oxygen atoms in total. The van der Waals surface area contributed by atoms with E-state index in [-0.39, 0.29) is 0 Å². The Morgan fingerprint density at radius 2 is 0.857 bits per heavy atom. The van der Waals surface area contributed by atoms with E-state index in [1.54, 1.807) is 0 Å². The van der Waals surface area contributed by atoms with E-state index in [9.17, 15) is 91.0 Å². The predicted octanol–water partition coefficient (Wildman–Crippen LogP) is -11.5. The molecule has 5 fully saturated rings. The number of carboxylic acids is 1. The van der Waals surface area contributed by atoms with Crippen LogP contribution in [-0.2, 0) is 57.0 Å². The summed E-state index contributed by atoms with van der Waals surface area (Å²) in [6, 6.07) is -3.41. The number of carboxylic acid groups (broad SMARTS) is 1. The summed E-state index contributed by atoms with van der Waals surface area (Å²) in [7, 11) is 0. The van der Waals surface area contributed by atoms with E-state index in [1.165, 1.54) is 0 Å². The van der Waals surface area contributed by atoms with Crippen molar-refractivity contribution < 1.29 is 134 Å². The fourth-order valence-electron chi connectivity index (χ4n) is 7.80. The number of aliphatic hydroxyl groups excluding tert-OH is 14. The first kappa shape index (κ1) is 51.5. The van der Waals surface area contributed by atoms with Crippen LogP contribution in [0.5, 0.6) is 0 Å². The van der Waals surface area contributed by atoms with E-state index in [0.29, 0.717) is 0 Å².